The first kappa shape index (κ1) is 25.9. The smallest absolute Gasteiger partial charge is 0.153 e. The Kier molecular flexibility index (Phi) is 8.19. The molecule has 186 valence electrons. The van der Waals surface area contributed by atoms with Gasteiger partial charge in [0.25, 0.3) is 0 Å². The van der Waals surface area contributed by atoms with E-state index in [0.29, 0.717) is 39.5 Å². The van der Waals surface area contributed by atoms with E-state index in [1.165, 1.54) is 12.3 Å². The van der Waals surface area contributed by atoms with Crippen LogP contribution in [0.1, 0.15) is 43.7 Å². The Morgan fingerprint density at radius 1 is 0.946 bits per heavy atom. The molecule has 0 saturated heterocycles. The predicted molar refractivity (Wildman–Crippen MR) is 142 cm³/mol. The minimum absolute atomic E-state index is 0.0124. The van der Waals surface area contributed by atoms with E-state index in [-0.39, 0.29) is 19.8 Å². The Morgan fingerprint density at radius 3 is 2.30 bits per heavy atom. The summed E-state index contributed by atoms with van der Waals surface area (Å²) >= 11 is 6.42. The van der Waals surface area contributed by atoms with E-state index in [9.17, 15) is 9.90 Å². The van der Waals surface area contributed by atoms with E-state index in [2.05, 4.69) is 11.1 Å². The highest BCUT2D eigenvalue weighted by molar-refractivity contribution is 6.32. The highest BCUT2D eigenvalue weighted by atomic mass is 35.5. The molecule has 0 bridgehead atoms. The fourth-order valence-corrected chi connectivity index (χ4v) is 4.33. The second-order valence-electron chi connectivity index (χ2n) is 8.55. The quantitative estimate of drug-likeness (QED) is 0.262. The van der Waals surface area contributed by atoms with E-state index < -0.39 is 0 Å². The number of aromatic nitrogens is 1. The number of aldehydes is 1. The zero-order chi connectivity index (χ0) is 26.4. The molecule has 0 aliphatic carbocycles. The average Bonchev–Trinajstić information content (AvgIpc) is 2.92. The number of rotatable bonds is 9. The van der Waals surface area contributed by atoms with E-state index >= 15 is 0 Å². The van der Waals surface area contributed by atoms with Crippen molar-refractivity contribution in [2.45, 2.75) is 33.7 Å². The number of hydrogen-bond acceptors (Lipinski definition) is 6. The summed E-state index contributed by atoms with van der Waals surface area (Å²) in [5.41, 5.74) is 7.50. The van der Waals surface area contributed by atoms with Gasteiger partial charge in [0, 0.05) is 24.0 Å². The first-order valence-electron chi connectivity index (χ1n) is 11.6. The highest BCUT2D eigenvalue weighted by Gasteiger charge is 2.14. The zero-order valence-electron chi connectivity index (χ0n) is 20.5. The second-order valence-corrected chi connectivity index (χ2v) is 8.95. The molecule has 4 aromatic rings. The van der Waals surface area contributed by atoms with Crippen LogP contribution in [0.2, 0.25) is 5.02 Å². The van der Waals surface area contributed by atoms with Gasteiger partial charge in [0.15, 0.2) is 6.29 Å². The van der Waals surface area contributed by atoms with Gasteiger partial charge in [-0.05, 0) is 59.4 Å². The summed E-state index contributed by atoms with van der Waals surface area (Å²) in [4.78, 5) is 15.6. The molecule has 0 aliphatic heterocycles. The summed E-state index contributed by atoms with van der Waals surface area (Å²) in [6.07, 6.45) is 3.74. The molecule has 6 nitrogen and oxygen atoms in total. The van der Waals surface area contributed by atoms with Crippen LogP contribution >= 0.6 is 11.6 Å². The molecular weight excluding hydrogens is 488 g/mol. The van der Waals surface area contributed by atoms with Gasteiger partial charge in [0.2, 0.25) is 0 Å². The van der Waals surface area contributed by atoms with Crippen LogP contribution < -0.4 is 9.47 Å². The summed E-state index contributed by atoms with van der Waals surface area (Å²) in [6, 6.07) is 18.7. The number of halogens is 1. The van der Waals surface area contributed by atoms with Crippen molar-refractivity contribution in [1.29, 1.82) is 5.26 Å². The molecule has 0 unspecified atom stereocenters. The molecule has 0 spiro atoms. The van der Waals surface area contributed by atoms with Gasteiger partial charge < -0.3 is 14.6 Å². The van der Waals surface area contributed by atoms with Crippen molar-refractivity contribution < 1.29 is 19.4 Å². The third-order valence-corrected chi connectivity index (χ3v) is 6.54. The molecule has 1 N–H and O–H groups in total. The first-order chi connectivity index (χ1) is 17.9. The van der Waals surface area contributed by atoms with Crippen LogP contribution in [0.5, 0.6) is 11.5 Å². The molecule has 37 heavy (non-hydrogen) atoms. The molecule has 7 heteroatoms. The van der Waals surface area contributed by atoms with Crippen LogP contribution in [0.4, 0.5) is 0 Å². The minimum atomic E-state index is -0.0124. The Balaban J connectivity index is 1.56. The third kappa shape index (κ3) is 5.80. The van der Waals surface area contributed by atoms with Crippen molar-refractivity contribution >= 4 is 17.9 Å². The van der Waals surface area contributed by atoms with E-state index in [0.717, 1.165) is 33.4 Å². The van der Waals surface area contributed by atoms with Gasteiger partial charge in [0.1, 0.15) is 30.8 Å². The minimum Gasteiger partial charge on any atom is -0.488 e. The van der Waals surface area contributed by atoms with Crippen LogP contribution in [0.3, 0.4) is 0 Å². The van der Waals surface area contributed by atoms with Crippen LogP contribution in [-0.2, 0) is 19.8 Å². The van der Waals surface area contributed by atoms with Gasteiger partial charge in [-0.3, -0.25) is 9.78 Å². The maximum atomic E-state index is 11.6. The van der Waals surface area contributed by atoms with Gasteiger partial charge in [-0.1, -0.05) is 48.0 Å². The van der Waals surface area contributed by atoms with Crippen molar-refractivity contribution in [2.24, 2.45) is 0 Å². The third-order valence-electron chi connectivity index (χ3n) is 6.25. The Bertz CT molecular complexity index is 1490. The Hall–Kier alpha value is -4.18. The van der Waals surface area contributed by atoms with E-state index in [1.807, 2.05) is 50.2 Å². The number of hydrogen-bond donors (Lipinski definition) is 1. The molecule has 3 aromatic carbocycles. The van der Waals surface area contributed by atoms with Gasteiger partial charge >= 0.3 is 0 Å². The largest absolute Gasteiger partial charge is 0.488 e. The zero-order valence-corrected chi connectivity index (χ0v) is 21.2. The van der Waals surface area contributed by atoms with Gasteiger partial charge in [0.05, 0.1) is 22.8 Å². The molecule has 0 atom stereocenters. The lowest BCUT2D eigenvalue weighted by atomic mass is 9.92. The molecule has 1 heterocycles. The number of nitriles is 1. The second kappa shape index (κ2) is 11.7. The van der Waals surface area contributed by atoms with Crippen LogP contribution in [0, 0.1) is 25.2 Å². The molecule has 0 fully saturated rings. The molecule has 1 aromatic heterocycles. The maximum absolute atomic E-state index is 11.6. The molecule has 0 amide bonds. The lowest BCUT2D eigenvalue weighted by Crippen LogP contribution is -2.03. The number of ether oxygens (including phenoxy) is 2. The van der Waals surface area contributed by atoms with E-state index in [1.54, 1.807) is 18.3 Å². The van der Waals surface area contributed by atoms with Gasteiger partial charge in [-0.15, -0.1) is 0 Å². The molecule has 0 aliphatic rings. The number of carbonyl (C=O) groups is 1. The summed E-state index contributed by atoms with van der Waals surface area (Å²) in [7, 11) is 0. The normalized spacial score (nSPS) is 10.6. The monoisotopic (exact) mass is 512 g/mol. The summed E-state index contributed by atoms with van der Waals surface area (Å²) in [5.74, 6) is 0.702. The fraction of sp³-hybridized carbons (Fsp3) is 0.167. The molecular formula is C30H25ClN2O4. The van der Waals surface area contributed by atoms with Crippen LogP contribution in [0.25, 0.3) is 11.1 Å². The van der Waals surface area contributed by atoms with Gasteiger partial charge in [-0.25, -0.2) is 0 Å². The fourth-order valence-electron chi connectivity index (χ4n) is 4.10. The maximum Gasteiger partial charge on any atom is 0.153 e. The number of pyridine rings is 1. The van der Waals surface area contributed by atoms with Crippen molar-refractivity contribution in [1.82, 2.24) is 4.98 Å². The molecule has 0 saturated carbocycles. The van der Waals surface area contributed by atoms with Crippen LogP contribution in [0.15, 0.2) is 67.0 Å². The number of aliphatic hydroxyl groups is 1. The van der Waals surface area contributed by atoms with E-state index in [4.69, 9.17) is 26.3 Å². The molecule has 4 rings (SSSR count). The van der Waals surface area contributed by atoms with Crippen molar-refractivity contribution in [3.8, 4) is 28.7 Å². The topological polar surface area (TPSA) is 92.4 Å². The van der Waals surface area contributed by atoms with Crippen molar-refractivity contribution in [2.75, 3.05) is 0 Å². The summed E-state index contributed by atoms with van der Waals surface area (Å²) in [5, 5.41) is 19.0. The summed E-state index contributed by atoms with van der Waals surface area (Å²) < 4.78 is 11.9. The number of benzene rings is 3. The van der Waals surface area contributed by atoms with Crippen LogP contribution in [-0.4, -0.2) is 16.4 Å². The number of nitrogens with zero attached hydrogens (tertiary/aromatic N) is 2. The predicted octanol–water partition coefficient (Wildman–Crippen LogP) is 6.35. The first-order valence-corrected chi connectivity index (χ1v) is 12.0. The Morgan fingerprint density at radius 2 is 1.62 bits per heavy atom. The Labute approximate surface area is 220 Å². The lowest BCUT2D eigenvalue weighted by molar-refractivity contribution is 0.111. The SMILES string of the molecule is Cc1c(CO)cccc1-c1cccc(COc2cc(OCc3cncc(C#N)c3)c(C=O)cc2Cl)c1C. The van der Waals surface area contributed by atoms with Gasteiger partial charge in [-0.2, -0.15) is 5.26 Å². The van der Waals surface area contributed by atoms with Crippen molar-refractivity contribution in [3.63, 3.8) is 0 Å². The highest BCUT2D eigenvalue weighted by Crippen LogP contribution is 2.35. The summed E-state index contributed by atoms with van der Waals surface area (Å²) in [6.45, 7) is 4.41. The average molecular weight is 513 g/mol. The number of aliphatic hydroxyl groups excluding tert-OH is 1. The molecule has 0 radical (unpaired) electrons. The standard InChI is InChI=1S/C30H25ClN2O4/c1-19-23(15-34)5-3-7-26(19)27-8-4-6-24(20(27)2)18-37-30-11-29(25(16-35)10-28(30)31)36-17-22-9-21(12-32)13-33-14-22/h3-11,13-14,16,34H,15,17-18H2,1-2H3. The van der Waals surface area contributed by atoms with Crippen molar-refractivity contribution in [3.05, 3.63) is 111 Å². The lowest BCUT2D eigenvalue weighted by Gasteiger charge is -2.17. The number of carbonyl (C=O) groups excluding carboxylic acids is 1.